The molecule has 0 spiro atoms. The second-order valence-corrected chi connectivity index (χ2v) is 4.70. The quantitative estimate of drug-likeness (QED) is 0.732. The van der Waals surface area contributed by atoms with Crippen molar-refractivity contribution in [2.24, 2.45) is 0 Å². The summed E-state index contributed by atoms with van der Waals surface area (Å²) in [5.41, 5.74) is 1.20. The molecule has 0 amide bonds. The third kappa shape index (κ3) is 3.85. The molecule has 0 radical (unpaired) electrons. The Morgan fingerprint density at radius 1 is 1.11 bits per heavy atom. The van der Waals surface area contributed by atoms with E-state index >= 15 is 0 Å². The SMILES string of the molecule is CCOCCN1CCN(c2ccccc2OC)CC1. The summed E-state index contributed by atoms with van der Waals surface area (Å²) in [5, 5.41) is 0. The van der Waals surface area contributed by atoms with Crippen LogP contribution >= 0.6 is 0 Å². The van der Waals surface area contributed by atoms with E-state index in [1.807, 2.05) is 19.1 Å². The van der Waals surface area contributed by atoms with Crippen LogP contribution in [0, 0.1) is 0 Å². The first kappa shape index (κ1) is 14.2. The highest BCUT2D eigenvalue weighted by Gasteiger charge is 2.18. The summed E-state index contributed by atoms with van der Waals surface area (Å²) in [5.74, 6) is 0.963. The summed E-state index contributed by atoms with van der Waals surface area (Å²) < 4.78 is 10.8. The maximum atomic E-state index is 5.43. The number of ether oxygens (including phenoxy) is 2. The van der Waals surface area contributed by atoms with Crippen molar-refractivity contribution in [1.82, 2.24) is 4.90 Å². The van der Waals surface area contributed by atoms with Gasteiger partial charge in [-0.05, 0) is 19.1 Å². The molecule has 1 heterocycles. The molecule has 1 aliphatic heterocycles. The van der Waals surface area contributed by atoms with Crippen LogP contribution in [0.2, 0.25) is 0 Å². The molecule has 106 valence electrons. The van der Waals surface area contributed by atoms with Crippen molar-refractivity contribution in [3.63, 3.8) is 0 Å². The molecule has 1 aliphatic rings. The van der Waals surface area contributed by atoms with Gasteiger partial charge >= 0.3 is 0 Å². The third-order valence-corrected chi connectivity index (χ3v) is 3.55. The van der Waals surface area contributed by atoms with E-state index in [-0.39, 0.29) is 0 Å². The van der Waals surface area contributed by atoms with Crippen LogP contribution in [0.25, 0.3) is 0 Å². The van der Waals surface area contributed by atoms with Gasteiger partial charge in [-0.2, -0.15) is 0 Å². The summed E-state index contributed by atoms with van der Waals surface area (Å²) in [4.78, 5) is 4.86. The molecule has 0 aromatic heterocycles. The third-order valence-electron chi connectivity index (χ3n) is 3.55. The molecule has 0 N–H and O–H groups in total. The normalized spacial score (nSPS) is 16.6. The lowest BCUT2D eigenvalue weighted by Gasteiger charge is -2.36. The molecule has 0 unspecified atom stereocenters. The van der Waals surface area contributed by atoms with Gasteiger partial charge in [-0.3, -0.25) is 4.90 Å². The van der Waals surface area contributed by atoms with Crippen LogP contribution in [0.3, 0.4) is 0 Å². The van der Waals surface area contributed by atoms with Crippen LogP contribution in [0.15, 0.2) is 24.3 Å². The Morgan fingerprint density at radius 3 is 2.53 bits per heavy atom. The molecule has 4 heteroatoms. The summed E-state index contributed by atoms with van der Waals surface area (Å²) in [6.45, 7) is 8.99. The highest BCUT2D eigenvalue weighted by Crippen LogP contribution is 2.28. The van der Waals surface area contributed by atoms with E-state index in [0.717, 1.165) is 51.7 Å². The zero-order valence-corrected chi connectivity index (χ0v) is 12.0. The highest BCUT2D eigenvalue weighted by molar-refractivity contribution is 5.58. The largest absolute Gasteiger partial charge is 0.495 e. The summed E-state index contributed by atoms with van der Waals surface area (Å²) in [6.07, 6.45) is 0. The molecular formula is C15H24N2O2. The number of nitrogens with zero attached hydrogens (tertiary/aromatic N) is 2. The van der Waals surface area contributed by atoms with Crippen molar-refractivity contribution in [1.29, 1.82) is 0 Å². The van der Waals surface area contributed by atoms with E-state index in [1.54, 1.807) is 7.11 Å². The Kier molecular flexibility index (Phi) is 5.48. The Hall–Kier alpha value is -1.26. The molecule has 0 aliphatic carbocycles. The lowest BCUT2D eigenvalue weighted by atomic mass is 10.2. The van der Waals surface area contributed by atoms with E-state index in [0.29, 0.717) is 0 Å². The topological polar surface area (TPSA) is 24.9 Å². The summed E-state index contributed by atoms with van der Waals surface area (Å²) in [7, 11) is 1.73. The van der Waals surface area contributed by atoms with Gasteiger partial charge in [0.2, 0.25) is 0 Å². The van der Waals surface area contributed by atoms with Crippen molar-refractivity contribution in [2.45, 2.75) is 6.92 Å². The first-order valence-corrected chi connectivity index (χ1v) is 7.03. The van der Waals surface area contributed by atoms with Gasteiger partial charge in [-0.25, -0.2) is 0 Å². The molecule has 19 heavy (non-hydrogen) atoms. The van der Waals surface area contributed by atoms with E-state index in [2.05, 4.69) is 21.9 Å². The van der Waals surface area contributed by atoms with Crippen molar-refractivity contribution in [3.05, 3.63) is 24.3 Å². The van der Waals surface area contributed by atoms with Gasteiger partial charge in [0.05, 0.1) is 19.4 Å². The fourth-order valence-corrected chi connectivity index (χ4v) is 2.44. The van der Waals surface area contributed by atoms with Crippen LogP contribution in [0.1, 0.15) is 6.92 Å². The first-order valence-electron chi connectivity index (χ1n) is 7.03. The number of piperazine rings is 1. The molecule has 0 saturated carbocycles. The predicted octanol–water partition coefficient (Wildman–Crippen LogP) is 1.85. The standard InChI is InChI=1S/C15H24N2O2/c1-3-19-13-12-16-8-10-17(11-9-16)14-6-4-5-7-15(14)18-2/h4-7H,3,8-13H2,1-2H3. The number of anilines is 1. The van der Waals surface area contributed by atoms with Gasteiger partial charge in [-0.15, -0.1) is 0 Å². The van der Waals surface area contributed by atoms with Gasteiger partial charge < -0.3 is 14.4 Å². The minimum atomic E-state index is 0.807. The zero-order chi connectivity index (χ0) is 13.5. The van der Waals surface area contributed by atoms with Crippen LogP contribution in [-0.4, -0.2) is 57.9 Å². The minimum absolute atomic E-state index is 0.807. The number of hydrogen-bond acceptors (Lipinski definition) is 4. The molecule has 2 rings (SSSR count). The molecule has 1 aromatic carbocycles. The zero-order valence-electron chi connectivity index (χ0n) is 12.0. The Morgan fingerprint density at radius 2 is 1.84 bits per heavy atom. The van der Waals surface area contributed by atoms with Crippen LogP contribution in [0.4, 0.5) is 5.69 Å². The maximum absolute atomic E-state index is 5.43. The first-order chi connectivity index (χ1) is 9.35. The number of methoxy groups -OCH3 is 1. The average molecular weight is 264 g/mol. The van der Waals surface area contributed by atoms with Crippen molar-refractivity contribution in [2.75, 3.05) is 57.9 Å². The Balaban J connectivity index is 1.85. The molecule has 1 aromatic rings. The lowest BCUT2D eigenvalue weighted by Crippen LogP contribution is -2.47. The number of rotatable bonds is 6. The van der Waals surface area contributed by atoms with Crippen molar-refractivity contribution < 1.29 is 9.47 Å². The van der Waals surface area contributed by atoms with E-state index in [1.165, 1.54) is 5.69 Å². The molecule has 4 nitrogen and oxygen atoms in total. The van der Waals surface area contributed by atoms with E-state index < -0.39 is 0 Å². The maximum Gasteiger partial charge on any atom is 0.142 e. The minimum Gasteiger partial charge on any atom is -0.495 e. The summed E-state index contributed by atoms with van der Waals surface area (Å²) >= 11 is 0. The van der Waals surface area contributed by atoms with Crippen LogP contribution < -0.4 is 9.64 Å². The number of para-hydroxylation sites is 2. The molecule has 1 fully saturated rings. The van der Waals surface area contributed by atoms with Crippen LogP contribution in [0.5, 0.6) is 5.75 Å². The highest BCUT2D eigenvalue weighted by atomic mass is 16.5. The van der Waals surface area contributed by atoms with Gasteiger partial charge in [0.25, 0.3) is 0 Å². The fourth-order valence-electron chi connectivity index (χ4n) is 2.44. The van der Waals surface area contributed by atoms with E-state index in [9.17, 15) is 0 Å². The Labute approximate surface area is 115 Å². The van der Waals surface area contributed by atoms with Gasteiger partial charge in [0.1, 0.15) is 5.75 Å². The van der Waals surface area contributed by atoms with E-state index in [4.69, 9.17) is 9.47 Å². The Bertz CT molecular complexity index is 376. The molecule has 0 atom stereocenters. The monoisotopic (exact) mass is 264 g/mol. The summed E-state index contributed by atoms with van der Waals surface area (Å²) in [6, 6.07) is 8.24. The average Bonchev–Trinajstić information content (AvgIpc) is 2.48. The number of benzene rings is 1. The van der Waals surface area contributed by atoms with Gasteiger partial charge in [0, 0.05) is 39.3 Å². The predicted molar refractivity (Wildman–Crippen MR) is 78.1 cm³/mol. The molecular weight excluding hydrogens is 240 g/mol. The van der Waals surface area contributed by atoms with Crippen molar-refractivity contribution >= 4 is 5.69 Å². The second-order valence-electron chi connectivity index (χ2n) is 4.70. The van der Waals surface area contributed by atoms with Gasteiger partial charge in [0.15, 0.2) is 0 Å². The molecule has 1 saturated heterocycles. The molecule has 0 bridgehead atoms. The number of hydrogen-bond donors (Lipinski definition) is 0. The lowest BCUT2D eigenvalue weighted by molar-refractivity contribution is 0.111. The fraction of sp³-hybridized carbons (Fsp3) is 0.600. The smallest absolute Gasteiger partial charge is 0.142 e. The second kappa shape index (κ2) is 7.36. The van der Waals surface area contributed by atoms with Gasteiger partial charge in [-0.1, -0.05) is 12.1 Å². The van der Waals surface area contributed by atoms with Crippen molar-refractivity contribution in [3.8, 4) is 5.75 Å². The van der Waals surface area contributed by atoms with Crippen LogP contribution in [-0.2, 0) is 4.74 Å².